The summed E-state index contributed by atoms with van der Waals surface area (Å²) in [6.07, 6.45) is 0. The normalized spacial score (nSPS) is 13.2. The zero-order chi connectivity index (χ0) is 9.28. The summed E-state index contributed by atoms with van der Waals surface area (Å²) in [5.74, 6) is -4.74. The van der Waals surface area contributed by atoms with Crippen LogP contribution in [0.3, 0.4) is 0 Å². The van der Waals surface area contributed by atoms with E-state index in [9.17, 15) is 9.36 Å². The van der Waals surface area contributed by atoms with Gasteiger partial charge < -0.3 is 20.0 Å². The number of hydrogen-bond acceptors (Lipinski definition) is 5. The number of phosphoric acid groups is 1. The predicted octanol–water partition coefficient (Wildman–Crippen LogP) is -1.68. The van der Waals surface area contributed by atoms with Crippen molar-refractivity contribution in [2.75, 3.05) is 0 Å². The van der Waals surface area contributed by atoms with E-state index >= 15 is 0 Å². The highest BCUT2D eigenvalue weighted by Crippen LogP contribution is 2.39. The second-order valence-electron chi connectivity index (χ2n) is 1.75. The Balaban J connectivity index is 4.37. The summed E-state index contributed by atoms with van der Waals surface area (Å²) in [6.45, 7) is 0.704. The summed E-state index contributed by atoms with van der Waals surface area (Å²) in [6, 6.07) is 0. The average Bonchev–Trinajstić information content (AvgIpc) is 1.56. The van der Waals surface area contributed by atoms with Crippen molar-refractivity contribution < 1.29 is 33.9 Å². The second-order valence-corrected chi connectivity index (χ2v) is 2.91. The van der Waals surface area contributed by atoms with Crippen LogP contribution >= 0.6 is 7.82 Å². The van der Waals surface area contributed by atoms with Gasteiger partial charge in [-0.25, -0.2) is 9.09 Å². The van der Waals surface area contributed by atoms with E-state index in [1.807, 2.05) is 0 Å². The van der Waals surface area contributed by atoms with Crippen LogP contribution in [0.2, 0.25) is 0 Å². The minimum atomic E-state index is -5.06. The van der Waals surface area contributed by atoms with Gasteiger partial charge in [0.25, 0.3) is 0 Å². The Morgan fingerprint density at radius 2 is 1.82 bits per heavy atom. The molecule has 0 atom stereocenters. The molecular weight excluding hydrogens is 179 g/mol. The molecule has 0 aromatic carbocycles. The van der Waals surface area contributed by atoms with Crippen LogP contribution in [0.4, 0.5) is 0 Å². The van der Waals surface area contributed by atoms with Gasteiger partial charge in [0.1, 0.15) is 0 Å². The lowest BCUT2D eigenvalue weighted by Crippen LogP contribution is -2.38. The lowest BCUT2D eigenvalue weighted by atomic mass is 10.4. The SMILES string of the molecule is CC(=O)C(O)(O)OP(=O)(O)O. The van der Waals surface area contributed by atoms with Crippen molar-refractivity contribution in [2.45, 2.75) is 12.9 Å². The molecule has 0 aliphatic heterocycles. The topological polar surface area (TPSA) is 124 Å². The minimum absolute atomic E-state index is 0.704. The average molecular weight is 186 g/mol. The van der Waals surface area contributed by atoms with Crippen LogP contribution in [0, 0.1) is 0 Å². The van der Waals surface area contributed by atoms with Gasteiger partial charge in [-0.3, -0.25) is 4.79 Å². The van der Waals surface area contributed by atoms with E-state index in [-0.39, 0.29) is 0 Å². The molecule has 4 N–H and O–H groups in total. The zero-order valence-corrected chi connectivity index (χ0v) is 6.36. The molecule has 0 aliphatic carbocycles. The summed E-state index contributed by atoms with van der Waals surface area (Å²) in [5.41, 5.74) is 0. The third-order valence-electron chi connectivity index (χ3n) is 0.705. The third kappa shape index (κ3) is 4.20. The van der Waals surface area contributed by atoms with Crippen LogP contribution in [-0.4, -0.2) is 31.8 Å². The molecule has 0 aromatic heterocycles. The van der Waals surface area contributed by atoms with Crippen LogP contribution in [0.15, 0.2) is 0 Å². The van der Waals surface area contributed by atoms with E-state index in [1.165, 1.54) is 0 Å². The molecule has 8 heteroatoms. The number of hydrogen-bond donors (Lipinski definition) is 4. The van der Waals surface area contributed by atoms with Gasteiger partial charge in [-0.15, -0.1) is 0 Å². The number of rotatable bonds is 3. The maximum Gasteiger partial charge on any atom is 0.474 e. The zero-order valence-electron chi connectivity index (χ0n) is 5.46. The summed E-state index contributed by atoms with van der Waals surface area (Å²) >= 11 is 0. The first kappa shape index (κ1) is 10.7. The van der Waals surface area contributed by atoms with Crippen molar-refractivity contribution in [1.82, 2.24) is 0 Å². The minimum Gasteiger partial charge on any atom is -0.337 e. The molecule has 0 heterocycles. The summed E-state index contributed by atoms with van der Waals surface area (Å²) in [7, 11) is -5.06. The van der Waals surface area contributed by atoms with Crippen molar-refractivity contribution in [3.05, 3.63) is 0 Å². The number of carbonyl (C=O) groups excluding carboxylic acids is 1. The Morgan fingerprint density at radius 1 is 1.45 bits per heavy atom. The van der Waals surface area contributed by atoms with Gasteiger partial charge in [0, 0.05) is 6.92 Å². The molecular formula is C3H7O7P. The van der Waals surface area contributed by atoms with Crippen molar-refractivity contribution in [3.63, 3.8) is 0 Å². The fourth-order valence-electron chi connectivity index (χ4n) is 0.230. The fraction of sp³-hybridized carbons (Fsp3) is 0.667. The van der Waals surface area contributed by atoms with Gasteiger partial charge in [0.2, 0.25) is 5.78 Å². The Bertz CT molecular complexity index is 202. The highest BCUT2D eigenvalue weighted by atomic mass is 31.2. The highest BCUT2D eigenvalue weighted by molar-refractivity contribution is 7.46. The molecule has 0 saturated heterocycles. The number of Topliss-reactive ketones (excluding diaryl/α,β-unsaturated/α-hetero) is 1. The van der Waals surface area contributed by atoms with E-state index in [4.69, 9.17) is 20.0 Å². The van der Waals surface area contributed by atoms with E-state index in [0.29, 0.717) is 6.92 Å². The van der Waals surface area contributed by atoms with Crippen molar-refractivity contribution in [2.24, 2.45) is 0 Å². The van der Waals surface area contributed by atoms with Gasteiger partial charge in [-0.05, 0) is 0 Å². The van der Waals surface area contributed by atoms with Crippen molar-refractivity contribution in [1.29, 1.82) is 0 Å². The fourth-order valence-corrected chi connectivity index (χ4v) is 0.690. The largest absolute Gasteiger partial charge is 0.474 e. The summed E-state index contributed by atoms with van der Waals surface area (Å²) in [4.78, 5) is 26.2. The van der Waals surface area contributed by atoms with Gasteiger partial charge in [0.05, 0.1) is 0 Å². The standard InChI is InChI=1S/C3H7O7P/c1-2(4)3(5,6)10-11(7,8)9/h5-6H,1H3,(H2,7,8,9). The lowest BCUT2D eigenvalue weighted by Gasteiger charge is -2.17. The predicted molar refractivity (Wildman–Crippen MR) is 31.0 cm³/mol. The maximum absolute atomic E-state index is 10.2. The van der Waals surface area contributed by atoms with E-state index in [0.717, 1.165) is 0 Å². The Morgan fingerprint density at radius 3 is 1.91 bits per heavy atom. The van der Waals surface area contributed by atoms with Crippen LogP contribution in [0.25, 0.3) is 0 Å². The van der Waals surface area contributed by atoms with Gasteiger partial charge in [-0.2, -0.15) is 0 Å². The summed E-state index contributed by atoms with van der Waals surface area (Å²) in [5, 5.41) is 16.8. The maximum atomic E-state index is 10.2. The van der Waals surface area contributed by atoms with E-state index in [2.05, 4.69) is 4.52 Å². The van der Waals surface area contributed by atoms with Gasteiger partial charge in [0.15, 0.2) is 0 Å². The van der Waals surface area contributed by atoms with E-state index in [1.54, 1.807) is 0 Å². The van der Waals surface area contributed by atoms with Crippen LogP contribution in [0.1, 0.15) is 6.92 Å². The molecule has 0 fully saturated rings. The molecule has 0 spiro atoms. The number of phosphoric ester groups is 1. The number of ketones is 1. The monoisotopic (exact) mass is 186 g/mol. The van der Waals surface area contributed by atoms with Crippen molar-refractivity contribution >= 4 is 13.6 Å². The first-order chi connectivity index (χ1) is 4.65. The Kier molecular flexibility index (Phi) is 2.90. The highest BCUT2D eigenvalue weighted by Gasteiger charge is 2.38. The van der Waals surface area contributed by atoms with E-state index < -0.39 is 19.6 Å². The number of aliphatic hydroxyl groups is 2. The molecule has 0 unspecified atom stereocenters. The Hall–Kier alpha value is -0.300. The molecule has 7 nitrogen and oxygen atoms in total. The van der Waals surface area contributed by atoms with Crippen LogP contribution < -0.4 is 0 Å². The van der Waals surface area contributed by atoms with Crippen LogP contribution in [-0.2, 0) is 13.9 Å². The van der Waals surface area contributed by atoms with Crippen LogP contribution in [0.5, 0.6) is 0 Å². The first-order valence-corrected chi connectivity index (χ1v) is 3.90. The molecule has 0 radical (unpaired) electrons. The lowest BCUT2D eigenvalue weighted by molar-refractivity contribution is -0.275. The van der Waals surface area contributed by atoms with Gasteiger partial charge >= 0.3 is 13.8 Å². The molecule has 0 rings (SSSR count). The molecule has 0 amide bonds. The molecule has 11 heavy (non-hydrogen) atoms. The van der Waals surface area contributed by atoms with Crippen molar-refractivity contribution in [3.8, 4) is 0 Å². The molecule has 0 aliphatic rings. The Labute approximate surface area is 61.5 Å². The smallest absolute Gasteiger partial charge is 0.337 e. The van der Waals surface area contributed by atoms with Gasteiger partial charge in [-0.1, -0.05) is 0 Å². The molecule has 0 aromatic rings. The first-order valence-electron chi connectivity index (χ1n) is 2.37. The summed E-state index contributed by atoms with van der Waals surface area (Å²) < 4.78 is 13.3. The second kappa shape index (κ2) is 2.98. The third-order valence-corrected chi connectivity index (χ3v) is 1.20. The quantitative estimate of drug-likeness (QED) is 0.306. The number of carbonyl (C=O) groups is 1. The molecule has 0 saturated carbocycles. The molecule has 0 bridgehead atoms. The molecule has 66 valence electrons.